The van der Waals surface area contributed by atoms with Crippen molar-refractivity contribution in [2.75, 3.05) is 13.6 Å². The number of nitrogens with zero attached hydrogens (tertiary/aromatic N) is 3. The van der Waals surface area contributed by atoms with Crippen molar-refractivity contribution in [2.45, 2.75) is 33.4 Å². The molecule has 7 heteroatoms. The molecular formula is C21H27FIN5. The van der Waals surface area contributed by atoms with Gasteiger partial charge in [-0.15, -0.1) is 24.0 Å². The van der Waals surface area contributed by atoms with Gasteiger partial charge in [0.1, 0.15) is 11.6 Å². The summed E-state index contributed by atoms with van der Waals surface area (Å²) in [5.41, 5.74) is 3.67. The number of imidazole rings is 1. The van der Waals surface area contributed by atoms with E-state index < -0.39 is 0 Å². The van der Waals surface area contributed by atoms with Gasteiger partial charge in [0.05, 0.1) is 17.1 Å². The fourth-order valence-corrected chi connectivity index (χ4v) is 3.13. The number of hydrogen-bond acceptors (Lipinski definition) is 2. The molecule has 0 aliphatic rings. The molecule has 1 unspecified atom stereocenters. The van der Waals surface area contributed by atoms with Crippen molar-refractivity contribution >= 4 is 41.0 Å². The molecule has 1 atom stereocenters. The van der Waals surface area contributed by atoms with Gasteiger partial charge in [0.15, 0.2) is 5.96 Å². The highest BCUT2D eigenvalue weighted by molar-refractivity contribution is 14.0. The van der Waals surface area contributed by atoms with E-state index in [9.17, 15) is 4.39 Å². The molecule has 0 bridgehead atoms. The molecule has 0 aliphatic carbocycles. The van der Waals surface area contributed by atoms with Crippen LogP contribution < -0.4 is 10.6 Å². The van der Waals surface area contributed by atoms with Gasteiger partial charge in [-0.25, -0.2) is 9.37 Å². The van der Waals surface area contributed by atoms with Crippen molar-refractivity contribution in [1.82, 2.24) is 20.2 Å². The van der Waals surface area contributed by atoms with E-state index in [1.807, 2.05) is 38.1 Å². The zero-order chi connectivity index (χ0) is 19.4. The van der Waals surface area contributed by atoms with E-state index in [1.54, 1.807) is 26.1 Å². The van der Waals surface area contributed by atoms with Gasteiger partial charge in [0.25, 0.3) is 0 Å². The number of benzene rings is 2. The highest BCUT2D eigenvalue weighted by Gasteiger charge is 2.10. The lowest BCUT2D eigenvalue weighted by Gasteiger charge is -2.19. The lowest BCUT2D eigenvalue weighted by Crippen LogP contribution is -2.40. The minimum Gasteiger partial charge on any atom is -0.355 e. The Kier molecular flexibility index (Phi) is 7.79. The summed E-state index contributed by atoms with van der Waals surface area (Å²) in [5, 5.41) is 6.63. The molecule has 28 heavy (non-hydrogen) atoms. The predicted molar refractivity (Wildman–Crippen MR) is 124 cm³/mol. The van der Waals surface area contributed by atoms with Crippen LogP contribution in [-0.2, 0) is 6.54 Å². The monoisotopic (exact) mass is 495 g/mol. The van der Waals surface area contributed by atoms with E-state index in [-0.39, 0.29) is 35.8 Å². The first kappa shape index (κ1) is 22.1. The van der Waals surface area contributed by atoms with Crippen molar-refractivity contribution in [3.05, 3.63) is 65.2 Å². The summed E-state index contributed by atoms with van der Waals surface area (Å²) in [6, 6.07) is 13.4. The minimum absolute atomic E-state index is 0. The molecule has 1 aromatic heterocycles. The Balaban J connectivity index is 0.00000280. The lowest BCUT2D eigenvalue weighted by molar-refractivity contribution is 0.605. The third kappa shape index (κ3) is 5.01. The van der Waals surface area contributed by atoms with Crippen LogP contribution in [0.3, 0.4) is 0 Å². The minimum atomic E-state index is -0.188. The van der Waals surface area contributed by atoms with Gasteiger partial charge in [-0.05, 0) is 50.1 Å². The van der Waals surface area contributed by atoms with Crippen LogP contribution >= 0.6 is 24.0 Å². The zero-order valence-electron chi connectivity index (χ0n) is 16.7. The Morgan fingerprint density at radius 2 is 1.96 bits per heavy atom. The van der Waals surface area contributed by atoms with Gasteiger partial charge in [-0.3, -0.25) is 4.99 Å². The van der Waals surface area contributed by atoms with Crippen LogP contribution in [-0.4, -0.2) is 29.1 Å². The molecule has 0 saturated heterocycles. The molecule has 0 amide bonds. The molecule has 150 valence electrons. The number of aliphatic imine (C=N–C) groups is 1. The van der Waals surface area contributed by atoms with Crippen LogP contribution in [0.4, 0.5) is 4.39 Å². The summed E-state index contributed by atoms with van der Waals surface area (Å²) >= 11 is 0. The SMILES string of the molecule is CN=C(NCCn1c(C)nc2ccccc21)NC(C)c1ccc(C)c(F)c1.I. The van der Waals surface area contributed by atoms with Gasteiger partial charge in [0, 0.05) is 20.1 Å². The summed E-state index contributed by atoms with van der Waals surface area (Å²) in [6.07, 6.45) is 0. The average Bonchev–Trinajstić information content (AvgIpc) is 2.98. The highest BCUT2D eigenvalue weighted by Crippen LogP contribution is 2.16. The van der Waals surface area contributed by atoms with Crippen molar-refractivity contribution in [2.24, 2.45) is 4.99 Å². The van der Waals surface area contributed by atoms with Gasteiger partial charge >= 0.3 is 0 Å². The molecular weight excluding hydrogens is 468 g/mol. The zero-order valence-corrected chi connectivity index (χ0v) is 19.0. The summed E-state index contributed by atoms with van der Waals surface area (Å²) in [7, 11) is 1.73. The Hall–Kier alpha value is -2.16. The van der Waals surface area contributed by atoms with E-state index in [0.717, 1.165) is 29.0 Å². The number of guanidine groups is 1. The van der Waals surface area contributed by atoms with Crippen molar-refractivity contribution < 1.29 is 4.39 Å². The van der Waals surface area contributed by atoms with Crippen LogP contribution in [0.15, 0.2) is 47.5 Å². The molecule has 3 rings (SSSR count). The maximum Gasteiger partial charge on any atom is 0.191 e. The largest absolute Gasteiger partial charge is 0.355 e. The molecule has 3 aromatic rings. The first-order chi connectivity index (χ1) is 13.0. The fraction of sp³-hybridized carbons (Fsp3) is 0.333. The summed E-state index contributed by atoms with van der Waals surface area (Å²) in [6.45, 7) is 7.25. The number of halogens is 2. The van der Waals surface area contributed by atoms with E-state index in [4.69, 9.17) is 0 Å². The topological polar surface area (TPSA) is 54.2 Å². The van der Waals surface area contributed by atoms with E-state index in [0.29, 0.717) is 18.1 Å². The van der Waals surface area contributed by atoms with Gasteiger partial charge < -0.3 is 15.2 Å². The second-order valence-electron chi connectivity index (χ2n) is 6.67. The standard InChI is InChI=1S/C21H26FN5.HI/c1-14-9-10-17(13-18(14)22)15(2)25-21(23-4)24-11-12-27-16(3)26-19-7-5-6-8-20(19)27;/h5-10,13,15H,11-12H2,1-4H3,(H2,23,24,25);1H. The van der Waals surface area contributed by atoms with Crippen molar-refractivity contribution in [3.8, 4) is 0 Å². The number of nitrogens with one attached hydrogen (secondary N) is 2. The van der Waals surface area contributed by atoms with Crippen LogP contribution in [0.1, 0.15) is 29.9 Å². The number of aromatic nitrogens is 2. The quantitative estimate of drug-likeness (QED) is 0.315. The molecule has 5 nitrogen and oxygen atoms in total. The lowest BCUT2D eigenvalue weighted by atomic mass is 10.1. The van der Waals surface area contributed by atoms with Crippen molar-refractivity contribution in [1.29, 1.82) is 0 Å². The molecule has 2 aromatic carbocycles. The second kappa shape index (κ2) is 9.86. The molecule has 1 heterocycles. The maximum absolute atomic E-state index is 13.8. The number of fused-ring (bicyclic) bond motifs is 1. The molecule has 0 fully saturated rings. The van der Waals surface area contributed by atoms with E-state index in [2.05, 4.69) is 31.2 Å². The normalized spacial score (nSPS) is 12.5. The number of hydrogen-bond donors (Lipinski definition) is 2. The third-order valence-electron chi connectivity index (χ3n) is 4.75. The smallest absolute Gasteiger partial charge is 0.191 e. The first-order valence-electron chi connectivity index (χ1n) is 9.14. The first-order valence-corrected chi connectivity index (χ1v) is 9.14. The van der Waals surface area contributed by atoms with Gasteiger partial charge in [0.2, 0.25) is 0 Å². The molecule has 2 N–H and O–H groups in total. The van der Waals surface area contributed by atoms with Crippen LogP contribution in [0.2, 0.25) is 0 Å². The molecule has 0 aliphatic heterocycles. The van der Waals surface area contributed by atoms with E-state index in [1.165, 1.54) is 0 Å². The highest BCUT2D eigenvalue weighted by atomic mass is 127. The Bertz CT molecular complexity index is 967. The summed E-state index contributed by atoms with van der Waals surface area (Å²) in [4.78, 5) is 8.86. The summed E-state index contributed by atoms with van der Waals surface area (Å²) < 4.78 is 16.0. The van der Waals surface area contributed by atoms with Gasteiger partial charge in [-0.1, -0.05) is 24.3 Å². The third-order valence-corrected chi connectivity index (χ3v) is 4.75. The van der Waals surface area contributed by atoms with Crippen LogP contribution in [0.5, 0.6) is 0 Å². The predicted octanol–water partition coefficient (Wildman–Crippen LogP) is 4.34. The second-order valence-corrected chi connectivity index (χ2v) is 6.67. The van der Waals surface area contributed by atoms with Crippen LogP contribution in [0, 0.1) is 19.7 Å². The Morgan fingerprint density at radius 1 is 1.21 bits per heavy atom. The number of aryl methyl sites for hydroxylation is 2. The molecule has 0 saturated carbocycles. The number of rotatable bonds is 5. The number of para-hydroxylation sites is 2. The average molecular weight is 495 g/mol. The van der Waals surface area contributed by atoms with Crippen LogP contribution in [0.25, 0.3) is 11.0 Å². The van der Waals surface area contributed by atoms with E-state index >= 15 is 0 Å². The Morgan fingerprint density at radius 3 is 2.68 bits per heavy atom. The molecule has 0 spiro atoms. The van der Waals surface area contributed by atoms with Crippen molar-refractivity contribution in [3.63, 3.8) is 0 Å². The fourth-order valence-electron chi connectivity index (χ4n) is 3.13. The maximum atomic E-state index is 13.8. The molecule has 0 radical (unpaired) electrons. The summed E-state index contributed by atoms with van der Waals surface area (Å²) in [5.74, 6) is 1.49. The van der Waals surface area contributed by atoms with Gasteiger partial charge in [-0.2, -0.15) is 0 Å². The Labute approximate surface area is 182 Å².